The third-order valence-corrected chi connectivity index (χ3v) is 3.90. The first-order valence-electron chi connectivity index (χ1n) is 5.88. The minimum absolute atomic E-state index is 0.407. The predicted molar refractivity (Wildman–Crippen MR) is 73.9 cm³/mol. The summed E-state index contributed by atoms with van der Waals surface area (Å²) in [5, 5.41) is 4.49. The van der Waals surface area contributed by atoms with Crippen molar-refractivity contribution < 1.29 is 4.74 Å². The number of benzene rings is 1. The minimum Gasteiger partial charge on any atom is -0.496 e. The van der Waals surface area contributed by atoms with Gasteiger partial charge in [0.1, 0.15) is 18.4 Å². The largest absolute Gasteiger partial charge is 0.496 e. The van der Waals surface area contributed by atoms with Crippen molar-refractivity contribution >= 4 is 11.8 Å². The van der Waals surface area contributed by atoms with Crippen molar-refractivity contribution in [1.82, 2.24) is 14.8 Å². The fraction of sp³-hybridized carbons (Fsp3) is 0.385. The second-order valence-electron chi connectivity index (χ2n) is 3.91. The molecule has 0 aliphatic carbocycles. The van der Waals surface area contributed by atoms with Crippen LogP contribution in [0.2, 0.25) is 0 Å². The van der Waals surface area contributed by atoms with E-state index >= 15 is 0 Å². The minimum atomic E-state index is 0.407. The summed E-state index contributed by atoms with van der Waals surface area (Å²) in [5.41, 5.74) is 1.24. The summed E-state index contributed by atoms with van der Waals surface area (Å²) in [6, 6.07) is 8.16. The van der Waals surface area contributed by atoms with Gasteiger partial charge in [-0.1, -0.05) is 18.2 Å². The van der Waals surface area contributed by atoms with E-state index in [0.717, 1.165) is 18.0 Å². The number of ether oxygens (including phenoxy) is 1. The van der Waals surface area contributed by atoms with E-state index in [1.165, 1.54) is 5.56 Å². The van der Waals surface area contributed by atoms with Gasteiger partial charge in [0.15, 0.2) is 0 Å². The second kappa shape index (κ2) is 6.44. The Morgan fingerprint density at radius 1 is 1.39 bits per heavy atom. The van der Waals surface area contributed by atoms with Gasteiger partial charge in [0.05, 0.1) is 13.7 Å². The van der Waals surface area contributed by atoms with Crippen LogP contribution in [0.3, 0.4) is 0 Å². The van der Waals surface area contributed by atoms with Crippen LogP contribution < -0.4 is 4.74 Å². The number of hydrogen-bond donors (Lipinski definition) is 0. The molecule has 1 heterocycles. The Hall–Kier alpha value is -1.49. The molecule has 18 heavy (non-hydrogen) atoms. The van der Waals surface area contributed by atoms with E-state index in [-0.39, 0.29) is 0 Å². The van der Waals surface area contributed by atoms with E-state index in [2.05, 4.69) is 23.1 Å². The highest BCUT2D eigenvalue weighted by molar-refractivity contribution is 7.99. The molecule has 96 valence electrons. The van der Waals surface area contributed by atoms with Gasteiger partial charge in [0.25, 0.3) is 0 Å². The van der Waals surface area contributed by atoms with Crippen LogP contribution in [0.4, 0.5) is 0 Å². The van der Waals surface area contributed by atoms with Crippen molar-refractivity contribution in [1.29, 1.82) is 0 Å². The fourth-order valence-electron chi connectivity index (χ4n) is 1.76. The summed E-state index contributed by atoms with van der Waals surface area (Å²) in [5.74, 6) is 1.96. The lowest BCUT2D eigenvalue weighted by Gasteiger charge is -2.15. The first-order chi connectivity index (χ1) is 8.81. The average Bonchev–Trinajstić information content (AvgIpc) is 2.91. The lowest BCUT2D eigenvalue weighted by molar-refractivity contribution is 0.410. The number of hydrogen-bond acceptors (Lipinski definition) is 4. The lowest BCUT2D eigenvalue weighted by atomic mass is 10.1. The maximum Gasteiger partial charge on any atom is 0.137 e. The van der Waals surface area contributed by atoms with Crippen LogP contribution in [0.25, 0.3) is 0 Å². The smallest absolute Gasteiger partial charge is 0.137 e. The highest BCUT2D eigenvalue weighted by Gasteiger charge is 2.10. The zero-order chi connectivity index (χ0) is 12.8. The Balaban J connectivity index is 1.89. The predicted octanol–water partition coefficient (Wildman–Crippen LogP) is 2.78. The van der Waals surface area contributed by atoms with E-state index in [9.17, 15) is 0 Å². The Labute approximate surface area is 111 Å². The Kier molecular flexibility index (Phi) is 4.64. The first-order valence-corrected chi connectivity index (χ1v) is 6.93. The molecule has 1 aromatic carbocycles. The van der Waals surface area contributed by atoms with Gasteiger partial charge in [-0.25, -0.2) is 4.98 Å². The van der Waals surface area contributed by atoms with Crippen molar-refractivity contribution in [3.8, 4) is 5.75 Å². The van der Waals surface area contributed by atoms with Crippen LogP contribution in [0.15, 0.2) is 36.9 Å². The molecule has 2 rings (SSSR count). The molecule has 0 spiro atoms. The topological polar surface area (TPSA) is 39.9 Å². The molecule has 0 N–H and O–H groups in total. The van der Waals surface area contributed by atoms with Crippen molar-refractivity contribution in [2.45, 2.75) is 18.7 Å². The molecule has 0 saturated heterocycles. The zero-order valence-corrected chi connectivity index (χ0v) is 11.4. The molecular formula is C13H17N3OS. The molecule has 5 heteroatoms. The van der Waals surface area contributed by atoms with Crippen LogP contribution in [0.1, 0.15) is 17.7 Å². The van der Waals surface area contributed by atoms with Crippen molar-refractivity contribution in [3.05, 3.63) is 42.5 Å². The molecule has 0 fully saturated rings. The number of aromatic nitrogens is 3. The fourth-order valence-corrected chi connectivity index (χ4v) is 2.78. The summed E-state index contributed by atoms with van der Waals surface area (Å²) >= 11 is 1.89. The molecule has 4 nitrogen and oxygen atoms in total. The average molecular weight is 263 g/mol. The summed E-state index contributed by atoms with van der Waals surface area (Å²) in [6.07, 6.45) is 3.31. The molecule has 0 aliphatic rings. The number of nitrogens with zero attached hydrogens (tertiary/aromatic N) is 3. The number of aryl methyl sites for hydroxylation is 1. The summed E-state index contributed by atoms with van der Waals surface area (Å²) in [6.45, 7) is 3.08. The SMILES string of the molecule is COc1ccccc1[C@H](C)SCCn1cncn1. The zero-order valence-electron chi connectivity index (χ0n) is 10.6. The van der Waals surface area contributed by atoms with Crippen LogP contribution in [-0.2, 0) is 6.54 Å². The molecule has 0 amide bonds. The van der Waals surface area contributed by atoms with E-state index in [1.54, 1.807) is 19.8 Å². The Morgan fingerprint density at radius 2 is 2.22 bits per heavy atom. The highest BCUT2D eigenvalue weighted by Crippen LogP contribution is 2.34. The lowest BCUT2D eigenvalue weighted by Crippen LogP contribution is -2.02. The van der Waals surface area contributed by atoms with Crippen molar-refractivity contribution in [2.75, 3.05) is 12.9 Å². The Morgan fingerprint density at radius 3 is 2.94 bits per heavy atom. The van der Waals surface area contributed by atoms with Gasteiger partial charge in [-0.05, 0) is 13.0 Å². The summed E-state index contributed by atoms with van der Waals surface area (Å²) in [4.78, 5) is 3.93. The third-order valence-electron chi connectivity index (χ3n) is 2.73. The maximum atomic E-state index is 5.38. The molecule has 1 atom stereocenters. The van der Waals surface area contributed by atoms with Gasteiger partial charge in [-0.15, -0.1) is 0 Å². The Bertz CT molecular complexity index is 473. The normalized spacial score (nSPS) is 12.3. The number of methoxy groups -OCH3 is 1. The van der Waals surface area contributed by atoms with E-state index < -0.39 is 0 Å². The van der Waals surface area contributed by atoms with Crippen molar-refractivity contribution in [3.63, 3.8) is 0 Å². The monoisotopic (exact) mass is 263 g/mol. The highest BCUT2D eigenvalue weighted by atomic mass is 32.2. The molecule has 0 aliphatic heterocycles. The van der Waals surface area contributed by atoms with Crippen LogP contribution in [0, 0.1) is 0 Å². The standard InChI is InChI=1S/C13H17N3OS/c1-11(12-5-3-4-6-13(12)17-2)18-8-7-16-10-14-9-15-16/h3-6,9-11H,7-8H2,1-2H3/t11-/m0/s1. The molecule has 0 unspecified atom stereocenters. The molecule has 0 bridgehead atoms. The second-order valence-corrected chi connectivity index (χ2v) is 5.36. The number of para-hydroxylation sites is 1. The first kappa shape index (κ1) is 13.0. The maximum absolute atomic E-state index is 5.38. The van der Waals surface area contributed by atoms with Gasteiger partial charge in [0.2, 0.25) is 0 Å². The van der Waals surface area contributed by atoms with E-state index in [1.807, 2.05) is 34.6 Å². The van der Waals surface area contributed by atoms with Gasteiger partial charge in [-0.3, -0.25) is 4.68 Å². The third kappa shape index (κ3) is 3.26. The summed E-state index contributed by atoms with van der Waals surface area (Å²) in [7, 11) is 1.71. The summed E-state index contributed by atoms with van der Waals surface area (Å²) < 4.78 is 7.23. The molecule has 0 radical (unpaired) electrons. The number of rotatable bonds is 6. The quantitative estimate of drug-likeness (QED) is 0.803. The van der Waals surface area contributed by atoms with Crippen LogP contribution in [-0.4, -0.2) is 27.6 Å². The number of thioether (sulfide) groups is 1. The van der Waals surface area contributed by atoms with Crippen LogP contribution in [0.5, 0.6) is 5.75 Å². The van der Waals surface area contributed by atoms with E-state index in [0.29, 0.717) is 5.25 Å². The van der Waals surface area contributed by atoms with Crippen molar-refractivity contribution in [2.24, 2.45) is 0 Å². The molecular weight excluding hydrogens is 246 g/mol. The van der Waals surface area contributed by atoms with E-state index in [4.69, 9.17) is 4.74 Å². The van der Waals surface area contributed by atoms with Gasteiger partial charge >= 0.3 is 0 Å². The molecule has 0 saturated carbocycles. The molecule has 2 aromatic rings. The van der Waals surface area contributed by atoms with Gasteiger partial charge < -0.3 is 4.74 Å². The molecule has 1 aromatic heterocycles. The van der Waals surface area contributed by atoms with Gasteiger partial charge in [0, 0.05) is 16.6 Å². The van der Waals surface area contributed by atoms with Crippen LogP contribution >= 0.6 is 11.8 Å². The van der Waals surface area contributed by atoms with Gasteiger partial charge in [-0.2, -0.15) is 16.9 Å².